The number of nitrogens with zero attached hydrogens (tertiary/aromatic N) is 8. The minimum atomic E-state index is -1.69. The summed E-state index contributed by atoms with van der Waals surface area (Å²) >= 11 is 6.71. The van der Waals surface area contributed by atoms with E-state index in [0.717, 1.165) is 48.3 Å². The highest BCUT2D eigenvalue weighted by molar-refractivity contribution is 6.20. The van der Waals surface area contributed by atoms with E-state index in [-0.39, 0.29) is 74.3 Å². The summed E-state index contributed by atoms with van der Waals surface area (Å²) in [6.07, 6.45) is 7.14. The zero-order chi connectivity index (χ0) is 78.9. The molecule has 4 rings (SSSR count). The maximum atomic E-state index is 15.5. The number of ether oxygens (including phenoxy) is 2. The molecular formula is C75H132ClN13O16. The number of likely N-dealkylation sites (tertiary alicyclic amines) is 1. The van der Waals surface area contributed by atoms with Gasteiger partial charge in [0.2, 0.25) is 65.0 Å². The van der Waals surface area contributed by atoms with Crippen molar-refractivity contribution < 1.29 is 77.2 Å². The number of rotatable bonds is 21. The summed E-state index contributed by atoms with van der Waals surface area (Å²) < 4.78 is 12.2. The van der Waals surface area contributed by atoms with E-state index < -0.39 is 182 Å². The smallest absolute Gasteiger partial charge is 0.256 e. The molecule has 29 nitrogen and oxygen atoms in total. The Balaban J connectivity index is 1.99. The van der Waals surface area contributed by atoms with Crippen LogP contribution in [0.15, 0.2) is 0 Å². The molecule has 2 saturated carbocycles. The minimum Gasteiger partial charge on any atom is -0.393 e. The van der Waals surface area contributed by atoms with Gasteiger partial charge in [-0.15, -0.1) is 11.6 Å². The molecule has 2 unspecified atom stereocenters. The van der Waals surface area contributed by atoms with Crippen LogP contribution in [0.1, 0.15) is 212 Å². The lowest BCUT2D eigenvalue weighted by molar-refractivity contribution is -0.152. The van der Waals surface area contributed by atoms with E-state index in [1.807, 2.05) is 20.8 Å². The van der Waals surface area contributed by atoms with Crippen LogP contribution in [0.3, 0.4) is 0 Å². The molecule has 4 fully saturated rings. The average molecular weight is 1510 g/mol. The summed E-state index contributed by atoms with van der Waals surface area (Å²) in [5.41, 5.74) is -0.858. The normalized spacial score (nSPS) is 27.6. The molecule has 600 valence electrons. The number of piperidine rings is 1. The quantitative estimate of drug-likeness (QED) is 0.0373. The molecule has 0 bridgehead atoms. The van der Waals surface area contributed by atoms with Crippen LogP contribution in [-0.2, 0) is 67.0 Å². The van der Waals surface area contributed by atoms with Gasteiger partial charge < -0.3 is 75.3 Å². The molecule has 0 aromatic rings. The Morgan fingerprint density at radius 1 is 0.590 bits per heavy atom. The third-order valence-corrected chi connectivity index (χ3v) is 21.1. The van der Waals surface area contributed by atoms with Gasteiger partial charge in [-0.25, -0.2) is 5.84 Å². The van der Waals surface area contributed by atoms with Gasteiger partial charge in [-0.1, -0.05) is 99.8 Å². The fraction of sp³-hybridized carbons (Fsp3) is 0.840. The highest BCUT2D eigenvalue weighted by Gasteiger charge is 2.45. The molecule has 2 aliphatic carbocycles. The predicted octanol–water partition coefficient (Wildman–Crippen LogP) is 3.70. The van der Waals surface area contributed by atoms with Crippen molar-refractivity contribution in [3.63, 3.8) is 0 Å². The second-order valence-electron chi connectivity index (χ2n) is 32.3. The molecule has 105 heavy (non-hydrogen) atoms. The highest BCUT2D eigenvalue weighted by atomic mass is 35.5. The van der Waals surface area contributed by atoms with Crippen LogP contribution >= 0.6 is 11.6 Å². The zero-order valence-corrected chi connectivity index (χ0v) is 67.0. The fourth-order valence-corrected chi connectivity index (χ4v) is 14.8. The molecule has 0 radical (unpaired) electrons. The molecule has 30 heteroatoms. The average Bonchev–Trinajstić information content (AvgIpc) is 0.819. The molecule has 2 saturated heterocycles. The SMILES string of the molecule is CCCCN1CC(=O)N(C)[C@@H](CC2CCCCC2)C(=O)N(C)[C@@H](C(C)C)C(=O)N[C@@H](COC(C)(C)C)C(=O)N(C)[C@@H](CC(C)C)C(=O)N[C@H](C(=O)N2CCCCC2)CC(=O)N(C)CC(=O)N(N)[C@@H](CC2CCCC(Cl)C2)C(=O)N[C@@H](COCC[C@H](C)O)C(=O)N(C)[C@@H](CC(C)C)C(=O)N[C@@H]([C@@H](C)O)C1=O. The maximum absolute atomic E-state index is 15.5. The number of hydrazine groups is 1. The van der Waals surface area contributed by atoms with Crippen molar-refractivity contribution in [1.82, 2.24) is 60.6 Å². The van der Waals surface area contributed by atoms with Gasteiger partial charge in [-0.3, -0.25) is 62.5 Å². The minimum absolute atomic E-state index is 0.00739. The number of aliphatic hydroxyl groups excluding tert-OH is 2. The third kappa shape index (κ3) is 28.7. The number of hydrogen-bond donors (Lipinski definition) is 7. The summed E-state index contributed by atoms with van der Waals surface area (Å²) in [5.74, 6) is -3.96. The van der Waals surface area contributed by atoms with Crippen LogP contribution in [0.5, 0.6) is 0 Å². The van der Waals surface area contributed by atoms with Crippen LogP contribution in [0.4, 0.5) is 0 Å². The molecular weight excluding hydrogens is 1370 g/mol. The maximum Gasteiger partial charge on any atom is 0.256 e. The summed E-state index contributed by atoms with van der Waals surface area (Å²) in [5, 5.41) is 33.3. The van der Waals surface area contributed by atoms with Crippen molar-refractivity contribution in [3.05, 3.63) is 0 Å². The lowest BCUT2D eigenvalue weighted by Crippen LogP contribution is -2.63. The van der Waals surface area contributed by atoms with Crippen LogP contribution in [0.25, 0.3) is 0 Å². The number of carbonyl (C=O) groups excluding carboxylic acids is 12. The second-order valence-corrected chi connectivity index (χ2v) is 32.9. The third-order valence-electron chi connectivity index (χ3n) is 20.7. The number of aliphatic hydroxyl groups is 2. The molecule has 2 heterocycles. The van der Waals surface area contributed by atoms with Crippen molar-refractivity contribution >= 4 is 82.5 Å². The Morgan fingerprint density at radius 2 is 1.12 bits per heavy atom. The number of nitrogens with one attached hydrogen (secondary N) is 4. The first-order valence-electron chi connectivity index (χ1n) is 38.6. The van der Waals surface area contributed by atoms with Gasteiger partial charge in [0.05, 0.1) is 44.0 Å². The number of carbonyl (C=O) groups is 12. The molecule has 0 aromatic carbocycles. The largest absolute Gasteiger partial charge is 0.393 e. The topological polar surface area (TPSA) is 364 Å². The van der Waals surface area contributed by atoms with Crippen molar-refractivity contribution in [3.8, 4) is 0 Å². The number of hydrogen-bond acceptors (Lipinski definition) is 17. The van der Waals surface area contributed by atoms with E-state index in [4.69, 9.17) is 26.9 Å². The number of halogens is 1. The summed E-state index contributed by atoms with van der Waals surface area (Å²) in [6, 6.07) is -12.9. The van der Waals surface area contributed by atoms with E-state index in [1.165, 1.54) is 61.8 Å². The van der Waals surface area contributed by atoms with Crippen LogP contribution in [0, 0.1) is 29.6 Å². The Kier molecular flexibility index (Phi) is 37.9. The summed E-state index contributed by atoms with van der Waals surface area (Å²) in [7, 11) is 6.95. The molecule has 13 atom stereocenters. The number of likely N-dealkylation sites (N-methyl/N-ethyl adjacent to an activating group) is 5. The Hall–Kier alpha value is -6.27. The van der Waals surface area contributed by atoms with Gasteiger partial charge in [0.1, 0.15) is 60.9 Å². The molecule has 0 aromatic heterocycles. The monoisotopic (exact) mass is 1510 g/mol. The van der Waals surface area contributed by atoms with E-state index in [1.54, 1.807) is 60.3 Å². The van der Waals surface area contributed by atoms with E-state index in [2.05, 4.69) is 21.3 Å². The van der Waals surface area contributed by atoms with Crippen molar-refractivity contribution in [1.29, 1.82) is 0 Å². The van der Waals surface area contributed by atoms with E-state index >= 15 is 43.2 Å². The Bertz CT molecular complexity index is 2870. The van der Waals surface area contributed by atoms with E-state index in [0.29, 0.717) is 69.5 Å². The van der Waals surface area contributed by atoms with Crippen LogP contribution < -0.4 is 27.1 Å². The predicted molar refractivity (Wildman–Crippen MR) is 399 cm³/mol. The molecule has 0 spiro atoms. The van der Waals surface area contributed by atoms with Crippen molar-refractivity contribution in [2.75, 3.05) is 87.8 Å². The summed E-state index contributed by atoms with van der Waals surface area (Å²) in [4.78, 5) is 189. The number of alkyl halides is 1. The first-order valence-corrected chi connectivity index (χ1v) is 39.0. The van der Waals surface area contributed by atoms with Gasteiger partial charge in [-0.05, 0) is 135 Å². The van der Waals surface area contributed by atoms with Gasteiger partial charge in [-0.2, -0.15) is 0 Å². The van der Waals surface area contributed by atoms with E-state index in [9.17, 15) is 24.6 Å². The first kappa shape index (κ1) is 91.1. The molecule has 2 aliphatic heterocycles. The van der Waals surface area contributed by atoms with Crippen LogP contribution in [-0.4, -0.2) is 286 Å². The lowest BCUT2D eigenvalue weighted by atomic mass is 9.84. The van der Waals surface area contributed by atoms with Crippen LogP contribution in [0.2, 0.25) is 0 Å². The molecule has 8 N–H and O–H groups in total. The zero-order valence-electron chi connectivity index (χ0n) is 66.3. The Labute approximate surface area is 629 Å². The summed E-state index contributed by atoms with van der Waals surface area (Å²) in [6.45, 7) is 19.1. The van der Waals surface area contributed by atoms with Crippen molar-refractivity contribution in [2.24, 2.45) is 35.4 Å². The number of unbranched alkanes of at least 4 members (excludes halogenated alkanes) is 1. The lowest BCUT2D eigenvalue weighted by Gasteiger charge is -2.39. The first-order chi connectivity index (χ1) is 49.2. The van der Waals surface area contributed by atoms with Crippen molar-refractivity contribution in [2.45, 2.75) is 289 Å². The second kappa shape index (κ2) is 43.7. The standard InChI is InChI=1S/C75H132ClN13O16/c1-18-19-32-88-43-62(93)83(14)60(39-51-27-22-20-23-28-51)73(102)86(17)65(48(6)7)69(98)80-56(45-105-75(10,11)12)71(100)84(15)57(36-46(2)3)66(95)78-54(72(101)87-33-24-21-25-34-87)41-61(92)82(13)42-63(94)89(77)59(40-52-29-26-30-53(76)38-52)68(97)79-55(44-104-35-31-49(8)90)70(99)85(16)58(37-47(4)5)67(96)81-64(50(9)91)74(88)103/h46-60,64-65,90-91H,18-45,77H2,1-17H3,(H,78,95)(H,79,97)(H,80,98)(H,81,96)/t49-,50+,52?,53?,54-,55-,56-,57-,58-,59-,60-,64-,65-/m0/s1. The van der Waals surface area contributed by atoms with Gasteiger partial charge in [0.25, 0.3) is 5.91 Å². The number of nitrogens with two attached hydrogens (primary N) is 1. The number of amides is 12. The molecule has 12 amide bonds. The highest BCUT2D eigenvalue weighted by Crippen LogP contribution is 2.33. The van der Waals surface area contributed by atoms with Gasteiger partial charge in [0.15, 0.2) is 0 Å². The Morgan fingerprint density at radius 3 is 1.66 bits per heavy atom. The molecule has 4 aliphatic rings. The fourth-order valence-electron chi connectivity index (χ4n) is 14.4. The van der Waals surface area contributed by atoms with Gasteiger partial charge >= 0.3 is 0 Å². The van der Waals surface area contributed by atoms with Gasteiger partial charge in [0, 0.05) is 66.9 Å².